The number of hydrogen-bond donors (Lipinski definition) is 5. The van der Waals surface area contributed by atoms with E-state index in [0.29, 0.717) is 0 Å². The van der Waals surface area contributed by atoms with E-state index in [0.717, 1.165) is 0 Å². The lowest BCUT2D eigenvalue weighted by Crippen LogP contribution is -2.45. The molecule has 0 saturated carbocycles. The Morgan fingerprint density at radius 2 is 2.11 bits per heavy atom. The fourth-order valence-electron chi connectivity index (χ4n) is 2.92. The third-order valence-electron chi connectivity index (χ3n) is 4.04. The number of fused-ring (bicyclic) bond motifs is 1. The molecule has 2 unspecified atom stereocenters. The Kier molecular flexibility index (Phi) is 5.70. The summed E-state index contributed by atoms with van der Waals surface area (Å²) < 4.78 is 36.1. The van der Waals surface area contributed by atoms with Crippen LogP contribution in [0.25, 0.3) is 0 Å². The van der Waals surface area contributed by atoms with E-state index in [1.165, 1.54) is 4.90 Å². The van der Waals surface area contributed by atoms with Crippen LogP contribution in [0.4, 0.5) is 17.5 Å². The number of aromatic nitrogens is 2. The molecular weight excluding hydrogens is 408 g/mol. The van der Waals surface area contributed by atoms with Gasteiger partial charge < -0.3 is 30.5 Å². The molecule has 1 saturated heterocycles. The number of aliphatic hydroxyl groups excluding tert-OH is 2. The number of ether oxygens (including phenoxy) is 1. The number of aromatic amines is 1. The van der Waals surface area contributed by atoms with Gasteiger partial charge in [-0.2, -0.15) is 4.98 Å². The summed E-state index contributed by atoms with van der Waals surface area (Å²) in [6, 6.07) is 0. The van der Waals surface area contributed by atoms with Gasteiger partial charge in [-0.05, 0) is 0 Å². The zero-order chi connectivity index (χ0) is 19.9. The molecule has 27 heavy (non-hydrogen) atoms. The third-order valence-corrected chi connectivity index (χ3v) is 5.49. The lowest BCUT2D eigenvalue weighted by molar-refractivity contribution is -0.0165. The van der Waals surface area contributed by atoms with Gasteiger partial charge >= 0.3 is 16.5 Å². The summed E-state index contributed by atoms with van der Waals surface area (Å²) in [5, 5.41) is 20.5. The SMILES string of the molecule is CN1CN([C@@H]2O[C@H](CO[P+](=O)O[P+](=O)O)[C@@H](O)[C@H]2O)c2nc(N)[nH]c(=O)c21. The summed E-state index contributed by atoms with van der Waals surface area (Å²) in [7, 11) is -4.40. The van der Waals surface area contributed by atoms with E-state index >= 15 is 0 Å². The number of rotatable bonds is 6. The van der Waals surface area contributed by atoms with Crippen LogP contribution in [0.15, 0.2) is 4.79 Å². The van der Waals surface area contributed by atoms with Gasteiger partial charge in [0, 0.05) is 16.2 Å². The first-order valence-corrected chi connectivity index (χ1v) is 9.75. The van der Waals surface area contributed by atoms with E-state index in [-0.39, 0.29) is 24.1 Å². The van der Waals surface area contributed by atoms with Gasteiger partial charge in [-0.1, -0.05) is 0 Å². The van der Waals surface area contributed by atoms with Crippen LogP contribution in [0, 0.1) is 0 Å². The molecular formula is C11H17N5O9P2+2. The highest BCUT2D eigenvalue weighted by molar-refractivity contribution is 7.47. The summed E-state index contributed by atoms with van der Waals surface area (Å²) in [5.74, 6) is 0.0440. The molecule has 0 aliphatic carbocycles. The van der Waals surface area contributed by atoms with E-state index in [4.69, 9.17) is 19.9 Å². The maximum atomic E-state index is 12.1. The first-order valence-electron chi connectivity index (χ1n) is 7.52. The topological polar surface area (TPSA) is 201 Å². The van der Waals surface area contributed by atoms with E-state index in [1.807, 2.05) is 0 Å². The standard InChI is InChI=1S/C11H15N5O9P2/c1-15-3-16(8-5(15)9(19)14-11(12)13-8)10-7(18)6(17)4(24-10)2-23-27(22)25-26(20)21/h4,6-7,10,17-18H,2-3H2,1H3,(H2-2,12,13,14,19,20,21)/p+2/t4-,6-,7-,10-/m1/s1. The molecule has 2 aliphatic rings. The van der Waals surface area contributed by atoms with Crippen molar-refractivity contribution in [3.63, 3.8) is 0 Å². The Balaban J connectivity index is 1.75. The second kappa shape index (κ2) is 7.70. The van der Waals surface area contributed by atoms with E-state index in [2.05, 4.69) is 14.3 Å². The molecule has 0 bridgehead atoms. The summed E-state index contributed by atoms with van der Waals surface area (Å²) in [5.41, 5.74) is 5.32. The van der Waals surface area contributed by atoms with Crippen LogP contribution in [-0.2, 0) is 22.7 Å². The molecule has 1 aromatic heterocycles. The van der Waals surface area contributed by atoms with Crippen molar-refractivity contribution in [1.82, 2.24) is 9.97 Å². The number of hydrogen-bond acceptors (Lipinski definition) is 12. The molecule has 1 fully saturated rings. The van der Waals surface area contributed by atoms with Crippen LogP contribution in [0.2, 0.25) is 0 Å². The van der Waals surface area contributed by atoms with Gasteiger partial charge in [-0.15, -0.1) is 9.42 Å². The second-order valence-corrected chi connectivity index (χ2v) is 7.65. The van der Waals surface area contributed by atoms with Crippen molar-refractivity contribution in [1.29, 1.82) is 0 Å². The number of nitrogens with one attached hydrogen (secondary N) is 1. The highest BCUT2D eigenvalue weighted by atomic mass is 31.2. The molecule has 14 nitrogen and oxygen atoms in total. The molecule has 3 heterocycles. The van der Waals surface area contributed by atoms with Crippen molar-refractivity contribution in [3.05, 3.63) is 10.4 Å². The minimum Gasteiger partial charge on any atom is -0.387 e. The van der Waals surface area contributed by atoms with Gasteiger partial charge in [0.05, 0.1) is 6.67 Å². The Labute approximate surface area is 153 Å². The summed E-state index contributed by atoms with van der Waals surface area (Å²) in [6.45, 7) is -0.353. The maximum absolute atomic E-state index is 12.1. The second-order valence-electron chi connectivity index (χ2n) is 5.82. The summed E-state index contributed by atoms with van der Waals surface area (Å²) in [6.07, 6.45) is -5.04. The quantitative estimate of drug-likeness (QED) is 0.325. The summed E-state index contributed by atoms with van der Waals surface area (Å²) in [4.78, 5) is 30.0. The van der Waals surface area contributed by atoms with E-state index in [1.54, 1.807) is 11.9 Å². The zero-order valence-electron chi connectivity index (χ0n) is 13.8. The largest absolute Gasteiger partial charge is 0.747 e. The first kappa shape index (κ1) is 20.0. The number of nitrogens with two attached hydrogens (primary N) is 1. The highest BCUT2D eigenvalue weighted by Crippen LogP contribution is 2.39. The van der Waals surface area contributed by atoms with Crippen LogP contribution in [0.5, 0.6) is 0 Å². The average molecular weight is 425 g/mol. The molecule has 1 aromatic rings. The highest BCUT2D eigenvalue weighted by Gasteiger charge is 2.50. The van der Waals surface area contributed by atoms with Gasteiger partial charge in [0.2, 0.25) is 5.95 Å². The number of anilines is 3. The van der Waals surface area contributed by atoms with Gasteiger partial charge in [-0.25, -0.2) is 0 Å². The molecule has 3 rings (SSSR count). The lowest BCUT2D eigenvalue weighted by atomic mass is 10.1. The maximum Gasteiger partial charge on any atom is 0.747 e. The Bertz CT molecular complexity index is 822. The monoisotopic (exact) mass is 425 g/mol. The first-order chi connectivity index (χ1) is 12.7. The van der Waals surface area contributed by atoms with Gasteiger partial charge in [-0.3, -0.25) is 9.78 Å². The molecule has 0 amide bonds. The van der Waals surface area contributed by atoms with Crippen LogP contribution >= 0.6 is 16.5 Å². The van der Waals surface area contributed by atoms with E-state index in [9.17, 15) is 24.1 Å². The molecule has 16 heteroatoms. The van der Waals surface area contributed by atoms with Crippen LogP contribution in [0.1, 0.15) is 0 Å². The smallest absolute Gasteiger partial charge is 0.387 e. The van der Waals surface area contributed by atoms with Gasteiger partial charge in [0.15, 0.2) is 16.4 Å². The van der Waals surface area contributed by atoms with Crippen LogP contribution in [-0.4, -0.2) is 69.9 Å². The molecule has 0 spiro atoms. The zero-order valence-corrected chi connectivity index (χ0v) is 15.6. The number of nitrogens with zero attached hydrogens (tertiary/aromatic N) is 3. The predicted molar refractivity (Wildman–Crippen MR) is 90.2 cm³/mol. The molecule has 6 N–H and O–H groups in total. The predicted octanol–water partition coefficient (Wildman–Crippen LogP) is -1.65. The average Bonchev–Trinajstić information content (AvgIpc) is 3.03. The minimum atomic E-state index is -3.12. The van der Waals surface area contributed by atoms with Crippen LogP contribution < -0.4 is 21.1 Å². The molecule has 0 aromatic carbocycles. The van der Waals surface area contributed by atoms with Gasteiger partial charge in [0.25, 0.3) is 5.56 Å². The Hall–Kier alpha value is -1.76. The Morgan fingerprint density at radius 1 is 1.41 bits per heavy atom. The lowest BCUT2D eigenvalue weighted by Gasteiger charge is -2.27. The van der Waals surface area contributed by atoms with E-state index < -0.39 is 53.2 Å². The van der Waals surface area contributed by atoms with Crippen molar-refractivity contribution in [2.24, 2.45) is 0 Å². The van der Waals surface area contributed by atoms with Crippen molar-refractivity contribution in [3.8, 4) is 0 Å². The molecule has 6 atom stereocenters. The van der Waals surface area contributed by atoms with Crippen molar-refractivity contribution < 1.29 is 37.8 Å². The number of H-pyrrole nitrogens is 1. The van der Waals surface area contributed by atoms with Gasteiger partial charge in [0.1, 0.15) is 30.6 Å². The fraction of sp³-hybridized carbons (Fsp3) is 0.636. The third kappa shape index (κ3) is 3.93. The minimum absolute atomic E-state index is 0.124. The Morgan fingerprint density at radius 3 is 2.78 bits per heavy atom. The number of aliphatic hydroxyl groups is 2. The van der Waals surface area contributed by atoms with Crippen molar-refractivity contribution >= 4 is 34.0 Å². The fourth-order valence-corrected chi connectivity index (χ4v) is 3.84. The van der Waals surface area contributed by atoms with Crippen molar-refractivity contribution in [2.45, 2.75) is 24.5 Å². The summed E-state index contributed by atoms with van der Waals surface area (Å²) >= 11 is 0. The molecule has 2 aliphatic heterocycles. The molecule has 148 valence electrons. The molecule has 0 radical (unpaired) electrons. The van der Waals surface area contributed by atoms with Crippen molar-refractivity contribution in [2.75, 3.05) is 35.9 Å². The van der Waals surface area contributed by atoms with Crippen LogP contribution in [0.3, 0.4) is 0 Å². The normalized spacial score (nSPS) is 28.4. The number of nitrogen functional groups attached to an aromatic ring is 1.